The average Bonchev–Trinajstić information content (AvgIpc) is 2.17. The molecule has 0 bridgehead atoms. The van der Waals surface area contributed by atoms with Gasteiger partial charge in [0.1, 0.15) is 5.67 Å². The Bertz CT molecular complexity index is 279. The van der Waals surface area contributed by atoms with E-state index in [4.69, 9.17) is 5.73 Å². The Hall–Kier alpha value is -0.890. The van der Waals surface area contributed by atoms with Gasteiger partial charge in [0, 0.05) is 6.54 Å². The number of hydrogen-bond acceptors (Lipinski definition) is 1. The molecule has 1 nitrogen and oxygen atoms in total. The van der Waals surface area contributed by atoms with E-state index in [1.165, 1.54) is 0 Å². The molecule has 0 saturated carbocycles. The van der Waals surface area contributed by atoms with Crippen LogP contribution >= 0.6 is 0 Å². The first-order valence-electron chi connectivity index (χ1n) is 4.58. The maximum Gasteiger partial charge on any atom is 0.147 e. The van der Waals surface area contributed by atoms with Gasteiger partial charge in [0.05, 0.1) is 0 Å². The number of alkyl halides is 1. The van der Waals surface area contributed by atoms with Crippen molar-refractivity contribution in [3.05, 3.63) is 35.4 Å². The summed E-state index contributed by atoms with van der Waals surface area (Å²) in [6.45, 7) is 3.82. The highest BCUT2D eigenvalue weighted by atomic mass is 19.1. The number of aryl methyl sites for hydroxylation is 1. The predicted octanol–water partition coefficient (Wildman–Crippen LogP) is 2.53. The SMILES string of the molecule is CCC(F)(CN)c1cccc(C)c1. The predicted molar refractivity (Wildman–Crippen MR) is 53.3 cm³/mol. The molecule has 0 fully saturated rings. The van der Waals surface area contributed by atoms with Crippen molar-refractivity contribution in [2.75, 3.05) is 6.54 Å². The van der Waals surface area contributed by atoms with Crippen molar-refractivity contribution < 1.29 is 4.39 Å². The zero-order valence-corrected chi connectivity index (χ0v) is 8.18. The third kappa shape index (κ3) is 2.07. The van der Waals surface area contributed by atoms with Crippen LogP contribution in [-0.4, -0.2) is 6.54 Å². The Labute approximate surface area is 78.8 Å². The van der Waals surface area contributed by atoms with E-state index in [0.29, 0.717) is 12.0 Å². The minimum atomic E-state index is -1.36. The van der Waals surface area contributed by atoms with Crippen LogP contribution in [0.2, 0.25) is 0 Å². The molecule has 1 rings (SSSR count). The molecule has 13 heavy (non-hydrogen) atoms. The van der Waals surface area contributed by atoms with Crippen molar-refractivity contribution in [2.45, 2.75) is 25.9 Å². The lowest BCUT2D eigenvalue weighted by Crippen LogP contribution is -2.29. The van der Waals surface area contributed by atoms with E-state index in [-0.39, 0.29) is 6.54 Å². The molecule has 1 atom stereocenters. The Balaban J connectivity index is 3.05. The lowest BCUT2D eigenvalue weighted by molar-refractivity contribution is 0.169. The lowest BCUT2D eigenvalue weighted by atomic mass is 9.92. The maximum atomic E-state index is 14.0. The summed E-state index contributed by atoms with van der Waals surface area (Å²) in [5.41, 5.74) is 5.83. The zero-order valence-electron chi connectivity index (χ0n) is 8.18. The third-order valence-corrected chi connectivity index (χ3v) is 2.42. The van der Waals surface area contributed by atoms with Crippen molar-refractivity contribution in [1.29, 1.82) is 0 Å². The van der Waals surface area contributed by atoms with Crippen LogP contribution in [0.1, 0.15) is 24.5 Å². The standard InChI is InChI=1S/C11H16FN/c1-3-11(12,8-13)10-6-4-5-9(2)7-10/h4-7H,3,8,13H2,1-2H3. The van der Waals surface area contributed by atoms with Crippen LogP contribution in [-0.2, 0) is 5.67 Å². The van der Waals surface area contributed by atoms with Crippen molar-refractivity contribution >= 4 is 0 Å². The second kappa shape index (κ2) is 3.88. The van der Waals surface area contributed by atoms with Crippen LogP contribution in [0.5, 0.6) is 0 Å². The summed E-state index contributed by atoms with van der Waals surface area (Å²) < 4.78 is 14.0. The van der Waals surface area contributed by atoms with Crippen LogP contribution in [0.4, 0.5) is 4.39 Å². The Morgan fingerprint density at radius 1 is 1.46 bits per heavy atom. The van der Waals surface area contributed by atoms with E-state index in [1.54, 1.807) is 6.07 Å². The first kappa shape index (κ1) is 10.2. The van der Waals surface area contributed by atoms with Crippen LogP contribution in [0.25, 0.3) is 0 Å². The van der Waals surface area contributed by atoms with E-state index in [0.717, 1.165) is 5.56 Å². The molecule has 0 aromatic heterocycles. The fourth-order valence-corrected chi connectivity index (χ4v) is 1.39. The van der Waals surface area contributed by atoms with Crippen molar-refractivity contribution in [2.24, 2.45) is 5.73 Å². The summed E-state index contributed by atoms with van der Waals surface area (Å²) >= 11 is 0. The molecule has 0 radical (unpaired) electrons. The smallest absolute Gasteiger partial charge is 0.147 e. The fourth-order valence-electron chi connectivity index (χ4n) is 1.39. The number of halogens is 1. The van der Waals surface area contributed by atoms with Gasteiger partial charge < -0.3 is 5.73 Å². The molecule has 0 aliphatic rings. The van der Waals surface area contributed by atoms with Gasteiger partial charge in [-0.25, -0.2) is 4.39 Å². The van der Waals surface area contributed by atoms with Gasteiger partial charge in [-0.05, 0) is 18.9 Å². The first-order valence-corrected chi connectivity index (χ1v) is 4.58. The monoisotopic (exact) mass is 181 g/mol. The van der Waals surface area contributed by atoms with Gasteiger partial charge in [0.15, 0.2) is 0 Å². The number of hydrogen-bond donors (Lipinski definition) is 1. The van der Waals surface area contributed by atoms with Gasteiger partial charge in [-0.15, -0.1) is 0 Å². The molecule has 0 heterocycles. The van der Waals surface area contributed by atoms with E-state index < -0.39 is 5.67 Å². The quantitative estimate of drug-likeness (QED) is 0.761. The van der Waals surface area contributed by atoms with Gasteiger partial charge in [0.25, 0.3) is 0 Å². The average molecular weight is 181 g/mol. The third-order valence-electron chi connectivity index (χ3n) is 2.42. The molecule has 2 N–H and O–H groups in total. The second-order valence-electron chi connectivity index (χ2n) is 3.39. The number of benzene rings is 1. The first-order chi connectivity index (χ1) is 6.12. The van der Waals surface area contributed by atoms with Gasteiger partial charge in [-0.2, -0.15) is 0 Å². The lowest BCUT2D eigenvalue weighted by Gasteiger charge is -2.22. The van der Waals surface area contributed by atoms with Gasteiger partial charge >= 0.3 is 0 Å². The molecule has 1 unspecified atom stereocenters. The highest BCUT2D eigenvalue weighted by Gasteiger charge is 2.27. The van der Waals surface area contributed by atoms with Crippen LogP contribution in [0.15, 0.2) is 24.3 Å². The van der Waals surface area contributed by atoms with Crippen molar-refractivity contribution in [3.63, 3.8) is 0 Å². The summed E-state index contributed by atoms with van der Waals surface area (Å²) in [6, 6.07) is 7.47. The van der Waals surface area contributed by atoms with E-state index in [2.05, 4.69) is 0 Å². The van der Waals surface area contributed by atoms with E-state index in [1.807, 2.05) is 32.0 Å². The zero-order chi connectivity index (χ0) is 9.90. The van der Waals surface area contributed by atoms with Gasteiger partial charge in [0.2, 0.25) is 0 Å². The fraction of sp³-hybridized carbons (Fsp3) is 0.455. The Kier molecular flexibility index (Phi) is 3.04. The molecule has 0 amide bonds. The number of nitrogens with two attached hydrogens (primary N) is 1. The van der Waals surface area contributed by atoms with Gasteiger partial charge in [-0.1, -0.05) is 36.8 Å². The molecule has 0 aliphatic carbocycles. The minimum Gasteiger partial charge on any atom is -0.327 e. The van der Waals surface area contributed by atoms with Crippen LogP contribution in [0.3, 0.4) is 0 Å². The van der Waals surface area contributed by atoms with E-state index in [9.17, 15) is 4.39 Å². The molecule has 0 saturated heterocycles. The van der Waals surface area contributed by atoms with Gasteiger partial charge in [-0.3, -0.25) is 0 Å². The summed E-state index contributed by atoms with van der Waals surface area (Å²) in [7, 11) is 0. The molecule has 1 aromatic carbocycles. The molecule has 0 aliphatic heterocycles. The van der Waals surface area contributed by atoms with Crippen LogP contribution < -0.4 is 5.73 Å². The second-order valence-corrected chi connectivity index (χ2v) is 3.39. The van der Waals surface area contributed by atoms with Crippen molar-refractivity contribution in [3.8, 4) is 0 Å². The van der Waals surface area contributed by atoms with E-state index >= 15 is 0 Å². The summed E-state index contributed by atoms with van der Waals surface area (Å²) in [4.78, 5) is 0. The van der Waals surface area contributed by atoms with Crippen molar-refractivity contribution in [1.82, 2.24) is 0 Å². The summed E-state index contributed by atoms with van der Waals surface area (Å²) in [6.07, 6.45) is 0.424. The maximum absolute atomic E-state index is 14.0. The Morgan fingerprint density at radius 3 is 2.62 bits per heavy atom. The molecule has 2 heteroatoms. The molecular weight excluding hydrogens is 165 g/mol. The highest BCUT2D eigenvalue weighted by Crippen LogP contribution is 2.28. The molecule has 72 valence electrons. The Morgan fingerprint density at radius 2 is 2.15 bits per heavy atom. The topological polar surface area (TPSA) is 26.0 Å². The normalized spacial score (nSPS) is 15.4. The minimum absolute atomic E-state index is 0.0486. The molecule has 1 aromatic rings. The highest BCUT2D eigenvalue weighted by molar-refractivity contribution is 5.27. The summed E-state index contributed by atoms with van der Waals surface area (Å²) in [5.74, 6) is 0. The largest absolute Gasteiger partial charge is 0.327 e. The number of rotatable bonds is 3. The molecular formula is C11H16FN. The molecule has 0 spiro atoms. The summed E-state index contributed by atoms with van der Waals surface area (Å²) in [5, 5.41) is 0. The van der Waals surface area contributed by atoms with Crippen LogP contribution in [0, 0.1) is 6.92 Å².